The van der Waals surface area contributed by atoms with Crippen LogP contribution >= 0.6 is 11.6 Å². The highest BCUT2D eigenvalue weighted by atomic mass is 35.5. The van der Waals surface area contributed by atoms with Crippen LogP contribution in [0.2, 0.25) is 5.02 Å². The molecule has 0 spiro atoms. The summed E-state index contributed by atoms with van der Waals surface area (Å²) in [6.07, 6.45) is 1.44. The van der Waals surface area contributed by atoms with E-state index in [9.17, 15) is 9.59 Å². The van der Waals surface area contributed by atoms with Gasteiger partial charge in [0.15, 0.2) is 0 Å². The molecule has 3 aromatic rings. The highest BCUT2D eigenvalue weighted by Gasteiger charge is 2.19. The molecule has 138 valence electrons. The lowest BCUT2D eigenvalue weighted by atomic mass is 10.1. The topological polar surface area (TPSA) is 86.1 Å². The van der Waals surface area contributed by atoms with Crippen molar-refractivity contribution >= 4 is 23.2 Å². The van der Waals surface area contributed by atoms with E-state index >= 15 is 0 Å². The molecule has 8 heteroatoms. The van der Waals surface area contributed by atoms with E-state index in [1.54, 1.807) is 62.6 Å². The molecule has 0 fully saturated rings. The number of halogens is 1. The quantitative estimate of drug-likeness (QED) is 0.730. The smallest absolute Gasteiger partial charge is 0.365 e. The van der Waals surface area contributed by atoms with Crippen molar-refractivity contribution in [2.75, 3.05) is 12.4 Å². The second-order valence-corrected chi connectivity index (χ2v) is 6.15. The normalized spacial score (nSPS) is 11.7. The third kappa shape index (κ3) is 4.15. The number of aromatic nitrogens is 3. The van der Waals surface area contributed by atoms with Crippen LogP contribution in [0.1, 0.15) is 13.0 Å². The zero-order chi connectivity index (χ0) is 19.4. The maximum Gasteiger partial charge on any atom is 0.365 e. The molecule has 3 rings (SSSR count). The standard InChI is InChI=1S/C19H17ClN4O3/c1-12(18(25)22-16-9-4-3-8-15(16)20)24-19(26)23-17(11-21-24)13-6-5-7-14(10-13)27-2/h3-12H,1-2H3,(H,22,25)/t12-/m0/s1. The second kappa shape index (κ2) is 8.01. The van der Waals surface area contributed by atoms with E-state index in [0.29, 0.717) is 27.7 Å². The van der Waals surface area contributed by atoms with Gasteiger partial charge in [0.1, 0.15) is 11.8 Å². The van der Waals surface area contributed by atoms with Crippen molar-refractivity contribution in [2.24, 2.45) is 0 Å². The predicted molar refractivity (Wildman–Crippen MR) is 103 cm³/mol. The van der Waals surface area contributed by atoms with Gasteiger partial charge in [0, 0.05) is 5.56 Å². The molecule has 1 N–H and O–H groups in total. The predicted octanol–water partition coefficient (Wildman–Crippen LogP) is 3.17. The summed E-state index contributed by atoms with van der Waals surface area (Å²) in [6.45, 7) is 1.56. The van der Waals surface area contributed by atoms with Gasteiger partial charge in [0.05, 0.1) is 29.7 Å². The van der Waals surface area contributed by atoms with Crippen LogP contribution in [0.25, 0.3) is 11.3 Å². The van der Waals surface area contributed by atoms with Gasteiger partial charge in [0.25, 0.3) is 0 Å². The Balaban J connectivity index is 1.83. The Morgan fingerprint density at radius 1 is 1.22 bits per heavy atom. The summed E-state index contributed by atoms with van der Waals surface area (Å²) in [6, 6.07) is 13.1. The minimum atomic E-state index is -0.861. The number of para-hydroxylation sites is 1. The van der Waals surface area contributed by atoms with Gasteiger partial charge in [-0.25, -0.2) is 9.48 Å². The number of amides is 1. The average molecular weight is 385 g/mol. The summed E-state index contributed by atoms with van der Waals surface area (Å²) >= 11 is 6.04. The lowest BCUT2D eigenvalue weighted by molar-refractivity contribution is -0.119. The molecule has 0 aliphatic rings. The number of methoxy groups -OCH3 is 1. The van der Waals surface area contributed by atoms with E-state index in [-0.39, 0.29) is 0 Å². The van der Waals surface area contributed by atoms with Crippen molar-refractivity contribution in [3.63, 3.8) is 0 Å². The number of ether oxygens (including phenoxy) is 1. The lowest BCUT2D eigenvalue weighted by Gasteiger charge is -2.14. The van der Waals surface area contributed by atoms with Crippen LogP contribution in [0.5, 0.6) is 5.75 Å². The Morgan fingerprint density at radius 3 is 2.70 bits per heavy atom. The minimum Gasteiger partial charge on any atom is -0.497 e. The number of anilines is 1. The average Bonchev–Trinajstić information content (AvgIpc) is 2.69. The molecule has 0 aliphatic carbocycles. The first kappa shape index (κ1) is 18.6. The van der Waals surface area contributed by atoms with E-state index in [1.807, 2.05) is 0 Å². The van der Waals surface area contributed by atoms with Gasteiger partial charge < -0.3 is 10.1 Å². The molecule has 7 nitrogen and oxygen atoms in total. The highest BCUT2D eigenvalue weighted by molar-refractivity contribution is 6.33. The van der Waals surface area contributed by atoms with Crippen LogP contribution < -0.4 is 15.7 Å². The Hall–Kier alpha value is -3.19. The largest absolute Gasteiger partial charge is 0.497 e. The summed E-state index contributed by atoms with van der Waals surface area (Å²) in [5.74, 6) is 0.222. The molecule has 0 aliphatic heterocycles. The highest BCUT2D eigenvalue weighted by Crippen LogP contribution is 2.22. The van der Waals surface area contributed by atoms with Gasteiger partial charge in [-0.05, 0) is 31.2 Å². The Labute approximate surface area is 160 Å². The second-order valence-electron chi connectivity index (χ2n) is 5.75. The molecule has 2 aromatic carbocycles. The maximum absolute atomic E-state index is 12.4. The third-order valence-electron chi connectivity index (χ3n) is 3.96. The fraction of sp³-hybridized carbons (Fsp3) is 0.158. The number of hydrogen-bond donors (Lipinski definition) is 1. The third-order valence-corrected chi connectivity index (χ3v) is 4.29. The zero-order valence-corrected chi connectivity index (χ0v) is 15.5. The molecular formula is C19H17ClN4O3. The van der Waals surface area contributed by atoms with Gasteiger partial charge in [0.2, 0.25) is 5.91 Å². The molecule has 0 saturated heterocycles. The van der Waals surface area contributed by atoms with Crippen molar-refractivity contribution in [3.8, 4) is 17.0 Å². The number of hydrogen-bond acceptors (Lipinski definition) is 5. The Kier molecular flexibility index (Phi) is 5.52. The molecule has 0 saturated carbocycles. The molecule has 0 unspecified atom stereocenters. The lowest BCUT2D eigenvalue weighted by Crippen LogP contribution is -2.34. The molecule has 1 heterocycles. The van der Waals surface area contributed by atoms with E-state index < -0.39 is 17.6 Å². The SMILES string of the molecule is COc1cccc(-c2cnn([C@@H](C)C(=O)Nc3ccccc3Cl)c(=O)n2)c1. The maximum atomic E-state index is 12.4. The Morgan fingerprint density at radius 2 is 2.00 bits per heavy atom. The molecule has 27 heavy (non-hydrogen) atoms. The van der Waals surface area contributed by atoms with Crippen LogP contribution in [-0.4, -0.2) is 27.8 Å². The van der Waals surface area contributed by atoms with Crippen molar-refractivity contribution in [2.45, 2.75) is 13.0 Å². The van der Waals surface area contributed by atoms with Gasteiger partial charge >= 0.3 is 5.69 Å². The van der Waals surface area contributed by atoms with Crippen LogP contribution in [0.15, 0.2) is 59.5 Å². The van der Waals surface area contributed by atoms with Crippen LogP contribution in [0.3, 0.4) is 0 Å². The first-order chi connectivity index (χ1) is 13.0. The number of carbonyl (C=O) groups excluding carboxylic acids is 1. The number of rotatable bonds is 5. The van der Waals surface area contributed by atoms with Crippen molar-refractivity contribution in [1.29, 1.82) is 0 Å². The number of nitrogens with zero attached hydrogens (tertiary/aromatic N) is 3. The molecule has 1 aromatic heterocycles. The number of benzene rings is 2. The molecule has 0 bridgehead atoms. The molecular weight excluding hydrogens is 368 g/mol. The van der Waals surface area contributed by atoms with E-state index in [2.05, 4.69) is 15.4 Å². The number of carbonyl (C=O) groups is 1. The van der Waals surface area contributed by atoms with Crippen molar-refractivity contribution in [3.05, 3.63) is 70.2 Å². The summed E-state index contributed by atoms with van der Waals surface area (Å²) in [5, 5.41) is 7.19. The minimum absolute atomic E-state index is 0.397. The van der Waals surface area contributed by atoms with E-state index in [0.717, 1.165) is 4.68 Å². The summed E-state index contributed by atoms with van der Waals surface area (Å²) < 4.78 is 6.19. The summed E-state index contributed by atoms with van der Waals surface area (Å²) in [7, 11) is 1.56. The first-order valence-corrected chi connectivity index (χ1v) is 8.53. The van der Waals surface area contributed by atoms with Gasteiger partial charge in [-0.15, -0.1) is 0 Å². The Bertz CT molecular complexity index is 1040. The summed E-state index contributed by atoms with van der Waals surface area (Å²) in [4.78, 5) is 28.9. The van der Waals surface area contributed by atoms with Gasteiger partial charge in [-0.3, -0.25) is 4.79 Å². The first-order valence-electron chi connectivity index (χ1n) is 8.15. The monoisotopic (exact) mass is 384 g/mol. The van der Waals surface area contributed by atoms with Gasteiger partial charge in [-0.2, -0.15) is 10.1 Å². The van der Waals surface area contributed by atoms with Crippen LogP contribution in [0.4, 0.5) is 5.69 Å². The number of nitrogens with one attached hydrogen (secondary N) is 1. The van der Waals surface area contributed by atoms with E-state index in [1.165, 1.54) is 6.20 Å². The van der Waals surface area contributed by atoms with E-state index in [4.69, 9.17) is 16.3 Å². The molecule has 1 amide bonds. The summed E-state index contributed by atoms with van der Waals surface area (Å²) in [5.41, 5.74) is 0.926. The van der Waals surface area contributed by atoms with Crippen LogP contribution in [0, 0.1) is 0 Å². The van der Waals surface area contributed by atoms with Crippen LogP contribution in [-0.2, 0) is 4.79 Å². The van der Waals surface area contributed by atoms with Gasteiger partial charge in [-0.1, -0.05) is 35.9 Å². The zero-order valence-electron chi connectivity index (χ0n) is 14.7. The van der Waals surface area contributed by atoms with Crippen molar-refractivity contribution < 1.29 is 9.53 Å². The molecule has 1 atom stereocenters. The fourth-order valence-electron chi connectivity index (χ4n) is 2.45. The molecule has 0 radical (unpaired) electrons. The fourth-order valence-corrected chi connectivity index (χ4v) is 2.63. The van der Waals surface area contributed by atoms with Crippen molar-refractivity contribution in [1.82, 2.24) is 14.8 Å².